The molecule has 1 rings (SSSR count). The number of carbonyl (C=O) groups excluding carboxylic acids is 1. The zero-order valence-corrected chi connectivity index (χ0v) is 12.4. The molecule has 1 amide bonds. The van der Waals surface area contributed by atoms with Gasteiger partial charge in [-0.2, -0.15) is 0 Å². The molecule has 0 bridgehead atoms. The fraction of sp³-hybridized carbons (Fsp3) is 0.583. The molecule has 4 nitrogen and oxygen atoms in total. The highest BCUT2D eigenvalue weighted by Crippen LogP contribution is 2.19. The first kappa shape index (κ1) is 15.5. The minimum Gasteiger partial charge on any atom is -0.385 e. The van der Waals surface area contributed by atoms with Gasteiger partial charge < -0.3 is 14.4 Å². The van der Waals surface area contributed by atoms with Crippen LogP contribution in [-0.4, -0.2) is 51.3 Å². The van der Waals surface area contributed by atoms with Crippen molar-refractivity contribution in [3.05, 3.63) is 16.3 Å². The molecule has 1 aromatic heterocycles. The van der Waals surface area contributed by atoms with Crippen molar-refractivity contribution in [1.29, 1.82) is 0 Å². The Morgan fingerprint density at radius 3 is 2.61 bits per heavy atom. The van der Waals surface area contributed by atoms with E-state index < -0.39 is 0 Å². The lowest BCUT2D eigenvalue weighted by Gasteiger charge is -2.21. The summed E-state index contributed by atoms with van der Waals surface area (Å²) in [4.78, 5) is 15.6. The van der Waals surface area contributed by atoms with Crippen LogP contribution >= 0.6 is 24.0 Å². The van der Waals surface area contributed by atoms with E-state index in [1.165, 1.54) is 11.3 Å². The maximum Gasteiger partial charge on any atom is 0.264 e. The lowest BCUT2D eigenvalue weighted by Crippen LogP contribution is -2.34. The fourth-order valence-electron chi connectivity index (χ4n) is 1.51. The lowest BCUT2D eigenvalue weighted by atomic mass is 10.3. The van der Waals surface area contributed by atoms with Gasteiger partial charge in [0, 0.05) is 44.2 Å². The minimum atomic E-state index is 0.0356. The third kappa shape index (κ3) is 4.97. The normalized spacial score (nSPS) is 10.6. The number of hydrogen-bond acceptors (Lipinski definition) is 5. The molecule has 0 N–H and O–H groups in total. The highest BCUT2D eigenvalue weighted by molar-refractivity contribution is 7.80. The molecule has 0 aliphatic rings. The molecule has 0 spiro atoms. The van der Waals surface area contributed by atoms with E-state index in [1.807, 2.05) is 5.38 Å². The van der Waals surface area contributed by atoms with Crippen LogP contribution in [0.25, 0.3) is 0 Å². The van der Waals surface area contributed by atoms with Crippen molar-refractivity contribution in [2.45, 2.75) is 11.3 Å². The summed E-state index contributed by atoms with van der Waals surface area (Å²) in [6, 6.07) is 1.80. The van der Waals surface area contributed by atoms with Crippen LogP contribution in [0.1, 0.15) is 16.1 Å². The van der Waals surface area contributed by atoms with Crippen molar-refractivity contribution >= 4 is 29.9 Å². The van der Waals surface area contributed by atoms with E-state index in [2.05, 4.69) is 12.6 Å². The van der Waals surface area contributed by atoms with Crippen molar-refractivity contribution in [3.8, 4) is 0 Å². The quantitative estimate of drug-likeness (QED) is 0.589. The van der Waals surface area contributed by atoms with Gasteiger partial charge in [0.15, 0.2) is 0 Å². The molecule has 102 valence electrons. The number of amides is 1. The Kier molecular flexibility index (Phi) is 7.34. The fourth-order valence-corrected chi connectivity index (χ4v) is 2.63. The molecular weight excluding hydrogens is 270 g/mol. The zero-order valence-electron chi connectivity index (χ0n) is 10.7. The van der Waals surface area contributed by atoms with Crippen molar-refractivity contribution in [3.63, 3.8) is 0 Å². The van der Waals surface area contributed by atoms with E-state index >= 15 is 0 Å². The van der Waals surface area contributed by atoms with Crippen LogP contribution in [0, 0.1) is 0 Å². The van der Waals surface area contributed by atoms with Gasteiger partial charge in [-0.05, 0) is 12.5 Å². The van der Waals surface area contributed by atoms with Gasteiger partial charge in [-0.15, -0.1) is 24.0 Å². The van der Waals surface area contributed by atoms with E-state index in [4.69, 9.17) is 9.47 Å². The SMILES string of the molecule is COCCCN(CCOC)C(=O)c1cc(S)cs1. The number of carbonyl (C=O) groups is 1. The summed E-state index contributed by atoms with van der Waals surface area (Å²) in [7, 11) is 3.29. The average molecular weight is 289 g/mol. The predicted molar refractivity (Wildman–Crippen MR) is 75.8 cm³/mol. The molecule has 1 aromatic rings. The first-order valence-corrected chi connectivity index (χ1v) is 7.06. The van der Waals surface area contributed by atoms with Gasteiger partial charge in [0.1, 0.15) is 0 Å². The molecule has 0 aliphatic carbocycles. The summed E-state index contributed by atoms with van der Waals surface area (Å²) < 4.78 is 10.0. The van der Waals surface area contributed by atoms with Gasteiger partial charge in [-0.25, -0.2) is 0 Å². The molecular formula is C12H19NO3S2. The first-order valence-electron chi connectivity index (χ1n) is 5.73. The van der Waals surface area contributed by atoms with Gasteiger partial charge in [0.2, 0.25) is 0 Å². The number of hydrogen-bond donors (Lipinski definition) is 1. The largest absolute Gasteiger partial charge is 0.385 e. The minimum absolute atomic E-state index is 0.0356. The van der Waals surface area contributed by atoms with Gasteiger partial charge in [-0.3, -0.25) is 4.79 Å². The smallest absolute Gasteiger partial charge is 0.264 e. The second-order valence-electron chi connectivity index (χ2n) is 3.80. The maximum absolute atomic E-state index is 12.3. The van der Waals surface area contributed by atoms with Crippen LogP contribution in [-0.2, 0) is 9.47 Å². The summed E-state index contributed by atoms with van der Waals surface area (Å²) in [6.45, 7) is 2.46. The highest BCUT2D eigenvalue weighted by Gasteiger charge is 2.16. The predicted octanol–water partition coefficient (Wildman–Crippen LogP) is 2.16. The Balaban J connectivity index is 2.59. The third-order valence-corrected chi connectivity index (χ3v) is 3.78. The van der Waals surface area contributed by atoms with Gasteiger partial charge >= 0.3 is 0 Å². The number of methoxy groups -OCH3 is 2. The molecule has 6 heteroatoms. The van der Waals surface area contributed by atoms with Crippen molar-refractivity contribution in [2.24, 2.45) is 0 Å². The molecule has 0 fully saturated rings. The Morgan fingerprint density at radius 1 is 1.33 bits per heavy atom. The Labute approximate surface area is 117 Å². The van der Waals surface area contributed by atoms with E-state index in [0.29, 0.717) is 31.2 Å². The maximum atomic E-state index is 12.3. The molecule has 0 aromatic carbocycles. The molecule has 0 atom stereocenters. The van der Waals surface area contributed by atoms with Gasteiger partial charge in [-0.1, -0.05) is 0 Å². The first-order chi connectivity index (χ1) is 8.69. The topological polar surface area (TPSA) is 38.8 Å². The molecule has 18 heavy (non-hydrogen) atoms. The van der Waals surface area contributed by atoms with Gasteiger partial charge in [0.25, 0.3) is 5.91 Å². The zero-order chi connectivity index (χ0) is 13.4. The number of rotatable bonds is 8. The van der Waals surface area contributed by atoms with Crippen LogP contribution in [0.4, 0.5) is 0 Å². The summed E-state index contributed by atoms with van der Waals surface area (Å²) in [6.07, 6.45) is 0.824. The van der Waals surface area contributed by atoms with Gasteiger partial charge in [0.05, 0.1) is 11.5 Å². The van der Waals surface area contributed by atoms with Crippen LogP contribution in [0.2, 0.25) is 0 Å². The van der Waals surface area contributed by atoms with E-state index in [1.54, 1.807) is 25.2 Å². The van der Waals surface area contributed by atoms with Crippen LogP contribution in [0.5, 0.6) is 0 Å². The molecule has 1 heterocycles. The van der Waals surface area contributed by atoms with E-state index in [-0.39, 0.29) is 5.91 Å². The summed E-state index contributed by atoms with van der Waals surface area (Å²) in [5.41, 5.74) is 0. The highest BCUT2D eigenvalue weighted by atomic mass is 32.1. The van der Waals surface area contributed by atoms with Crippen LogP contribution < -0.4 is 0 Å². The lowest BCUT2D eigenvalue weighted by molar-refractivity contribution is 0.0678. The summed E-state index contributed by atoms with van der Waals surface area (Å²) in [5.74, 6) is 0.0356. The van der Waals surface area contributed by atoms with Crippen LogP contribution in [0.3, 0.4) is 0 Å². The standard InChI is InChI=1S/C12H19NO3S2/c1-15-6-3-4-13(5-7-16-2)12(14)11-8-10(17)9-18-11/h8-9,17H,3-7H2,1-2H3. The average Bonchev–Trinajstić information content (AvgIpc) is 2.79. The molecule has 0 unspecified atom stereocenters. The molecule has 0 saturated carbocycles. The summed E-state index contributed by atoms with van der Waals surface area (Å²) >= 11 is 5.64. The molecule has 0 aliphatic heterocycles. The van der Waals surface area contributed by atoms with Crippen molar-refractivity contribution < 1.29 is 14.3 Å². The summed E-state index contributed by atoms with van der Waals surface area (Å²) in [5, 5.41) is 1.86. The van der Waals surface area contributed by atoms with Crippen molar-refractivity contribution in [1.82, 2.24) is 4.90 Å². The third-order valence-electron chi connectivity index (χ3n) is 2.43. The number of ether oxygens (including phenoxy) is 2. The molecule has 0 saturated heterocycles. The monoisotopic (exact) mass is 289 g/mol. The Morgan fingerprint density at radius 2 is 2.06 bits per heavy atom. The van der Waals surface area contributed by atoms with E-state index in [9.17, 15) is 4.79 Å². The second-order valence-corrected chi connectivity index (χ2v) is 5.23. The number of nitrogens with zero attached hydrogens (tertiary/aromatic N) is 1. The number of thiophene rings is 1. The second kappa shape index (κ2) is 8.53. The number of thiol groups is 1. The molecule has 0 radical (unpaired) electrons. The van der Waals surface area contributed by atoms with E-state index in [0.717, 1.165) is 11.3 Å². The van der Waals surface area contributed by atoms with Crippen molar-refractivity contribution in [2.75, 3.05) is 40.5 Å². The Bertz CT molecular complexity index is 368. The Hall–Kier alpha value is -0.560. The van der Waals surface area contributed by atoms with Crippen LogP contribution in [0.15, 0.2) is 16.3 Å².